The van der Waals surface area contributed by atoms with Crippen molar-refractivity contribution in [2.45, 2.75) is 38.6 Å². The maximum atomic E-state index is 11.1. The normalized spacial score (nSPS) is 35.3. The fourth-order valence-corrected chi connectivity index (χ4v) is 2.15. The van der Waals surface area contributed by atoms with Gasteiger partial charge in [-0.1, -0.05) is 20.3 Å². The lowest BCUT2D eigenvalue weighted by Gasteiger charge is -2.29. The molecular formula is C9H17NO2. The molecule has 3 heteroatoms. The molecule has 2 N–H and O–H groups in total. The van der Waals surface area contributed by atoms with E-state index in [9.17, 15) is 4.79 Å². The van der Waals surface area contributed by atoms with Crippen molar-refractivity contribution in [1.29, 1.82) is 0 Å². The van der Waals surface area contributed by atoms with Gasteiger partial charge >= 0.3 is 5.97 Å². The Morgan fingerprint density at radius 2 is 2.42 bits per heavy atom. The average molecular weight is 171 g/mol. The van der Waals surface area contributed by atoms with E-state index < -0.39 is 11.5 Å². The molecular weight excluding hydrogens is 154 g/mol. The molecule has 1 aliphatic rings. The van der Waals surface area contributed by atoms with E-state index in [2.05, 4.69) is 5.32 Å². The Morgan fingerprint density at radius 3 is 2.75 bits per heavy atom. The van der Waals surface area contributed by atoms with E-state index in [1.54, 1.807) is 0 Å². The summed E-state index contributed by atoms with van der Waals surface area (Å²) in [7, 11) is 0. The van der Waals surface area contributed by atoms with Crippen LogP contribution in [0.25, 0.3) is 0 Å². The molecule has 0 amide bonds. The predicted molar refractivity (Wildman–Crippen MR) is 47.1 cm³/mol. The first kappa shape index (κ1) is 9.52. The summed E-state index contributed by atoms with van der Waals surface area (Å²) in [4.78, 5) is 11.1. The monoisotopic (exact) mass is 171 g/mol. The van der Waals surface area contributed by atoms with Crippen LogP contribution in [0.3, 0.4) is 0 Å². The zero-order valence-corrected chi connectivity index (χ0v) is 7.76. The molecule has 2 unspecified atom stereocenters. The summed E-state index contributed by atoms with van der Waals surface area (Å²) < 4.78 is 0. The Hall–Kier alpha value is -0.570. The van der Waals surface area contributed by atoms with Gasteiger partial charge < -0.3 is 10.4 Å². The second kappa shape index (κ2) is 3.44. The molecule has 1 saturated carbocycles. The quantitative estimate of drug-likeness (QED) is 0.671. The number of rotatable bonds is 3. The van der Waals surface area contributed by atoms with Crippen molar-refractivity contribution in [3.63, 3.8) is 0 Å². The van der Waals surface area contributed by atoms with Crippen LogP contribution in [-0.2, 0) is 4.79 Å². The van der Waals surface area contributed by atoms with E-state index in [4.69, 9.17) is 5.11 Å². The lowest BCUT2D eigenvalue weighted by molar-refractivity contribution is -0.146. The van der Waals surface area contributed by atoms with Crippen molar-refractivity contribution in [3.05, 3.63) is 0 Å². The van der Waals surface area contributed by atoms with E-state index in [-0.39, 0.29) is 5.92 Å². The molecule has 0 aromatic carbocycles. The second-order valence-electron chi connectivity index (χ2n) is 3.60. The number of carboxylic acid groups (broad SMARTS) is 1. The Labute approximate surface area is 73.2 Å². The molecule has 0 heterocycles. The summed E-state index contributed by atoms with van der Waals surface area (Å²) in [5.41, 5.74) is -0.630. The number of carboxylic acids is 1. The number of nitrogens with one attached hydrogen (secondary N) is 1. The molecule has 0 radical (unpaired) electrons. The zero-order valence-electron chi connectivity index (χ0n) is 7.76. The third kappa shape index (κ3) is 1.33. The molecule has 0 spiro atoms. The first-order valence-electron chi connectivity index (χ1n) is 4.62. The summed E-state index contributed by atoms with van der Waals surface area (Å²) in [6.07, 6.45) is 2.83. The van der Waals surface area contributed by atoms with Crippen LogP contribution in [0.15, 0.2) is 0 Å². The van der Waals surface area contributed by atoms with Gasteiger partial charge in [-0.3, -0.25) is 4.79 Å². The molecule has 1 rings (SSSR count). The van der Waals surface area contributed by atoms with Crippen molar-refractivity contribution >= 4 is 5.97 Å². The summed E-state index contributed by atoms with van der Waals surface area (Å²) >= 11 is 0. The molecule has 70 valence electrons. The predicted octanol–water partition coefficient (Wildman–Crippen LogP) is 1.24. The third-order valence-corrected chi connectivity index (χ3v) is 2.92. The minimum atomic E-state index is -0.686. The van der Waals surface area contributed by atoms with Crippen LogP contribution in [-0.4, -0.2) is 23.2 Å². The van der Waals surface area contributed by atoms with Gasteiger partial charge in [-0.05, 0) is 25.3 Å². The fourth-order valence-electron chi connectivity index (χ4n) is 2.15. The lowest BCUT2D eigenvalue weighted by Crippen LogP contribution is -2.53. The second-order valence-corrected chi connectivity index (χ2v) is 3.60. The highest BCUT2D eigenvalue weighted by Crippen LogP contribution is 2.35. The van der Waals surface area contributed by atoms with Gasteiger partial charge in [-0.25, -0.2) is 0 Å². The van der Waals surface area contributed by atoms with Gasteiger partial charge in [0.2, 0.25) is 0 Å². The maximum Gasteiger partial charge on any atom is 0.324 e. The first-order chi connectivity index (χ1) is 5.63. The Bertz CT molecular complexity index is 181. The minimum absolute atomic E-state index is 0.259. The molecule has 0 aliphatic heterocycles. The van der Waals surface area contributed by atoms with Crippen LogP contribution in [0.5, 0.6) is 0 Å². The standard InChI is InChI=1S/C9H17NO2/c1-3-10-9(8(11)12)6-4-5-7(9)2/h7,10H,3-6H2,1-2H3,(H,11,12). The Kier molecular flexibility index (Phi) is 2.73. The highest BCUT2D eigenvalue weighted by Gasteiger charge is 2.46. The average Bonchev–Trinajstić information content (AvgIpc) is 2.34. The van der Waals surface area contributed by atoms with E-state index >= 15 is 0 Å². The van der Waals surface area contributed by atoms with Gasteiger partial charge in [-0.2, -0.15) is 0 Å². The molecule has 0 aromatic heterocycles. The van der Waals surface area contributed by atoms with Crippen LogP contribution < -0.4 is 5.32 Å². The van der Waals surface area contributed by atoms with Crippen molar-refractivity contribution < 1.29 is 9.90 Å². The molecule has 1 aliphatic carbocycles. The first-order valence-corrected chi connectivity index (χ1v) is 4.62. The van der Waals surface area contributed by atoms with E-state index in [0.29, 0.717) is 0 Å². The van der Waals surface area contributed by atoms with E-state index in [1.807, 2.05) is 13.8 Å². The number of carbonyl (C=O) groups is 1. The smallest absolute Gasteiger partial charge is 0.324 e. The highest BCUT2D eigenvalue weighted by molar-refractivity contribution is 5.79. The number of hydrogen-bond donors (Lipinski definition) is 2. The van der Waals surface area contributed by atoms with Crippen LogP contribution in [0.2, 0.25) is 0 Å². The van der Waals surface area contributed by atoms with Gasteiger partial charge in [-0.15, -0.1) is 0 Å². The number of aliphatic carboxylic acids is 1. The van der Waals surface area contributed by atoms with Gasteiger partial charge in [0.05, 0.1) is 0 Å². The van der Waals surface area contributed by atoms with Crippen LogP contribution in [0, 0.1) is 5.92 Å². The molecule has 0 bridgehead atoms. The van der Waals surface area contributed by atoms with E-state index in [0.717, 1.165) is 25.8 Å². The lowest BCUT2D eigenvalue weighted by atomic mass is 9.88. The molecule has 12 heavy (non-hydrogen) atoms. The molecule has 0 aromatic rings. The van der Waals surface area contributed by atoms with Crippen LogP contribution in [0.4, 0.5) is 0 Å². The number of likely N-dealkylation sites (N-methyl/N-ethyl adjacent to an activating group) is 1. The van der Waals surface area contributed by atoms with Crippen molar-refractivity contribution in [1.82, 2.24) is 5.32 Å². The Balaban J connectivity index is 2.77. The van der Waals surface area contributed by atoms with E-state index in [1.165, 1.54) is 0 Å². The van der Waals surface area contributed by atoms with Gasteiger partial charge in [0, 0.05) is 0 Å². The minimum Gasteiger partial charge on any atom is -0.480 e. The number of hydrogen-bond acceptors (Lipinski definition) is 2. The van der Waals surface area contributed by atoms with Crippen molar-refractivity contribution in [3.8, 4) is 0 Å². The topological polar surface area (TPSA) is 49.3 Å². The van der Waals surface area contributed by atoms with Crippen molar-refractivity contribution in [2.75, 3.05) is 6.54 Å². The van der Waals surface area contributed by atoms with Gasteiger partial charge in [0.15, 0.2) is 0 Å². The molecule has 3 nitrogen and oxygen atoms in total. The zero-order chi connectivity index (χ0) is 9.19. The van der Waals surface area contributed by atoms with Crippen LogP contribution >= 0.6 is 0 Å². The SMILES string of the molecule is CCNC1(C(=O)O)CCCC1C. The molecule has 1 fully saturated rings. The molecule has 2 atom stereocenters. The summed E-state index contributed by atoms with van der Waals surface area (Å²) in [6, 6.07) is 0. The highest BCUT2D eigenvalue weighted by atomic mass is 16.4. The third-order valence-electron chi connectivity index (χ3n) is 2.92. The summed E-state index contributed by atoms with van der Waals surface area (Å²) in [5.74, 6) is -0.427. The van der Waals surface area contributed by atoms with Gasteiger partial charge in [0.25, 0.3) is 0 Å². The maximum absolute atomic E-state index is 11.1. The Morgan fingerprint density at radius 1 is 1.75 bits per heavy atom. The fraction of sp³-hybridized carbons (Fsp3) is 0.889. The van der Waals surface area contributed by atoms with Gasteiger partial charge in [0.1, 0.15) is 5.54 Å². The summed E-state index contributed by atoms with van der Waals surface area (Å²) in [5, 5.41) is 12.2. The van der Waals surface area contributed by atoms with Crippen LogP contribution in [0.1, 0.15) is 33.1 Å². The molecule has 0 saturated heterocycles. The summed E-state index contributed by atoms with van der Waals surface area (Å²) in [6.45, 7) is 4.70. The largest absolute Gasteiger partial charge is 0.480 e. The van der Waals surface area contributed by atoms with Crippen molar-refractivity contribution in [2.24, 2.45) is 5.92 Å².